The molecule has 0 radical (unpaired) electrons. The van der Waals surface area contributed by atoms with E-state index in [4.69, 9.17) is 16.3 Å². The van der Waals surface area contributed by atoms with Crippen LogP contribution >= 0.6 is 11.6 Å². The van der Waals surface area contributed by atoms with E-state index >= 15 is 0 Å². The lowest BCUT2D eigenvalue weighted by molar-refractivity contribution is -0.154. The van der Waals surface area contributed by atoms with Crippen LogP contribution in [0.5, 0.6) is 6.01 Å². The number of amides is 3. The molecule has 3 aliphatic carbocycles. The second-order valence-corrected chi connectivity index (χ2v) is 16.1. The molecule has 0 saturated heterocycles. The molecule has 1 aromatic heterocycles. The van der Waals surface area contributed by atoms with E-state index in [1.807, 2.05) is 16.9 Å². The summed E-state index contributed by atoms with van der Waals surface area (Å²) in [4.78, 5) is 50.6. The maximum atomic E-state index is 13.8. The number of rotatable bonds is 17. The fraction of sp³-hybridized carbons (Fsp3) is 0.471. The largest absolute Gasteiger partial charge is 0.454 e. The van der Waals surface area contributed by atoms with Gasteiger partial charge in [0.15, 0.2) is 6.61 Å². The number of nitrogens with one attached hydrogen (secondary N) is 5. The molecule has 3 aliphatic rings. The molecule has 3 fully saturated rings. The number of ether oxygens (including phenoxy) is 1. The zero-order chi connectivity index (χ0) is 39.8. The first-order chi connectivity index (χ1) is 25.8. The molecule has 0 spiro atoms. The van der Waals surface area contributed by atoms with Crippen molar-refractivity contribution in [2.24, 2.45) is 11.8 Å². The SMILES string of the molecule is CCS(=O)(=O)NC(=O)[C@@]1(NC(=O)CCCNC(=O)c2ccc(Nc3nc(NC4(c5ccc(Cl)cc5)CC4)nc(OCC(F)(F)F)n3)cc2)C[C@H]1C1CC1(F)F. The Kier molecular flexibility index (Phi) is 10.9. The summed E-state index contributed by atoms with van der Waals surface area (Å²) in [5.41, 5.74) is -0.830. The Morgan fingerprint density at radius 2 is 1.60 bits per heavy atom. The quantitative estimate of drug-likeness (QED) is 0.0928. The molecule has 2 aromatic carbocycles. The van der Waals surface area contributed by atoms with E-state index in [-0.39, 0.29) is 43.3 Å². The van der Waals surface area contributed by atoms with Gasteiger partial charge in [-0.1, -0.05) is 23.7 Å². The molecule has 1 heterocycles. The van der Waals surface area contributed by atoms with Crippen LogP contribution < -0.4 is 30.7 Å². The third kappa shape index (κ3) is 9.88. The van der Waals surface area contributed by atoms with Crippen LogP contribution in [-0.4, -0.2) is 77.6 Å². The van der Waals surface area contributed by atoms with Crippen molar-refractivity contribution in [2.75, 3.05) is 29.5 Å². The monoisotopic (exact) mass is 814 g/mol. The smallest absolute Gasteiger partial charge is 0.422 e. The van der Waals surface area contributed by atoms with E-state index in [1.54, 1.807) is 12.1 Å². The minimum absolute atomic E-state index is 0.0264. The summed E-state index contributed by atoms with van der Waals surface area (Å²) in [6, 6.07) is 12.4. The number of hydrogen-bond acceptors (Lipinski definition) is 11. The van der Waals surface area contributed by atoms with Gasteiger partial charge >= 0.3 is 12.2 Å². The number of hydrogen-bond donors (Lipinski definition) is 5. The highest BCUT2D eigenvalue weighted by molar-refractivity contribution is 7.90. The van der Waals surface area contributed by atoms with Crippen LogP contribution in [-0.2, 0) is 25.2 Å². The Morgan fingerprint density at radius 3 is 2.20 bits per heavy atom. The Morgan fingerprint density at radius 1 is 0.945 bits per heavy atom. The first-order valence-electron chi connectivity index (χ1n) is 17.2. The van der Waals surface area contributed by atoms with Gasteiger partial charge in [0.05, 0.1) is 11.3 Å². The molecule has 6 rings (SSSR count). The topological polar surface area (TPSA) is 193 Å². The zero-order valence-electron chi connectivity index (χ0n) is 29.1. The average Bonchev–Trinajstić information content (AvgIpc) is 4.07. The van der Waals surface area contributed by atoms with Gasteiger partial charge in [0.2, 0.25) is 27.8 Å². The van der Waals surface area contributed by atoms with E-state index in [2.05, 4.69) is 36.2 Å². The van der Waals surface area contributed by atoms with Crippen molar-refractivity contribution in [3.63, 3.8) is 0 Å². The molecule has 3 amide bonds. The van der Waals surface area contributed by atoms with Gasteiger partial charge in [0.1, 0.15) is 5.54 Å². The molecule has 21 heteroatoms. The summed E-state index contributed by atoms with van der Waals surface area (Å²) in [7, 11) is -4.00. The lowest BCUT2D eigenvalue weighted by atomic mass is 10.1. The number of sulfonamides is 1. The van der Waals surface area contributed by atoms with Gasteiger partial charge in [-0.15, -0.1) is 0 Å². The van der Waals surface area contributed by atoms with Crippen LogP contribution in [0.3, 0.4) is 0 Å². The van der Waals surface area contributed by atoms with E-state index in [1.165, 1.54) is 31.2 Å². The van der Waals surface area contributed by atoms with Crippen molar-refractivity contribution in [2.45, 2.75) is 68.6 Å². The van der Waals surface area contributed by atoms with Gasteiger partial charge in [-0.25, -0.2) is 17.2 Å². The third-order valence-electron chi connectivity index (χ3n) is 9.52. The van der Waals surface area contributed by atoms with E-state index in [0.717, 1.165) is 5.56 Å². The van der Waals surface area contributed by atoms with Crippen LogP contribution in [0.4, 0.5) is 39.5 Å². The van der Waals surface area contributed by atoms with Crippen LogP contribution in [0.1, 0.15) is 61.4 Å². The first kappa shape index (κ1) is 39.8. The minimum atomic E-state index is -4.64. The molecule has 3 atom stereocenters. The molecule has 5 N–H and O–H groups in total. The maximum Gasteiger partial charge on any atom is 0.422 e. The van der Waals surface area contributed by atoms with Gasteiger partial charge in [-0.3, -0.25) is 19.1 Å². The summed E-state index contributed by atoms with van der Waals surface area (Å²) in [5.74, 6) is -7.82. The van der Waals surface area contributed by atoms with Gasteiger partial charge in [-0.2, -0.15) is 28.1 Å². The summed E-state index contributed by atoms with van der Waals surface area (Å²) in [6.45, 7) is -0.297. The summed E-state index contributed by atoms with van der Waals surface area (Å²) in [6.07, 6.45) is -3.88. The number of carbonyl (C=O) groups excluding carboxylic acids is 3. The fourth-order valence-electron chi connectivity index (χ4n) is 6.18. The highest BCUT2D eigenvalue weighted by Crippen LogP contribution is 2.64. The zero-order valence-corrected chi connectivity index (χ0v) is 30.7. The van der Waals surface area contributed by atoms with Crippen molar-refractivity contribution >= 4 is 56.9 Å². The highest BCUT2D eigenvalue weighted by atomic mass is 35.5. The summed E-state index contributed by atoms with van der Waals surface area (Å²) >= 11 is 6.02. The lowest BCUT2D eigenvalue weighted by Gasteiger charge is -2.19. The molecule has 0 aliphatic heterocycles. The standard InChI is InChI=1S/C34H36ClF5N8O6S/c1-2-55(52,53)48-27(51)32(16-23(32)24-17-33(24,36)37)46-25(49)4-3-15-41-26(50)19-5-11-22(12-6-19)42-28-43-29(45-30(44-28)54-18-34(38,39)40)47-31(13-14-31)20-7-9-21(35)10-8-20/h5-12,23-24H,2-4,13-18H2,1H3,(H,41,50)(H,46,49)(H,48,51)(H2,42,43,44,45,47)/t23-,24?,32+/m0/s1. The molecule has 0 bridgehead atoms. The van der Waals surface area contributed by atoms with Gasteiger partial charge < -0.3 is 26.0 Å². The molecular weight excluding hydrogens is 779 g/mol. The predicted octanol–water partition coefficient (Wildman–Crippen LogP) is 4.82. The van der Waals surface area contributed by atoms with E-state index in [0.29, 0.717) is 23.6 Å². The van der Waals surface area contributed by atoms with E-state index < -0.39 is 87.5 Å². The highest BCUT2D eigenvalue weighted by Gasteiger charge is 2.74. The van der Waals surface area contributed by atoms with Crippen molar-refractivity contribution in [1.29, 1.82) is 0 Å². The Bertz CT molecular complexity index is 2060. The summed E-state index contributed by atoms with van der Waals surface area (Å²) < 4.78 is 96.9. The molecule has 1 unspecified atom stereocenters. The Hall–Kier alpha value is -4.85. The Balaban J connectivity index is 1.02. The van der Waals surface area contributed by atoms with Crippen molar-refractivity contribution in [3.8, 4) is 6.01 Å². The maximum absolute atomic E-state index is 13.8. The number of aromatic nitrogens is 3. The van der Waals surface area contributed by atoms with Crippen molar-refractivity contribution in [1.82, 2.24) is 30.3 Å². The van der Waals surface area contributed by atoms with Gasteiger partial charge in [0.25, 0.3) is 17.7 Å². The van der Waals surface area contributed by atoms with Crippen molar-refractivity contribution < 1.29 is 49.5 Å². The molecule has 55 heavy (non-hydrogen) atoms. The number of benzene rings is 2. The third-order valence-corrected chi connectivity index (χ3v) is 11.0. The lowest BCUT2D eigenvalue weighted by Crippen LogP contribution is -2.52. The average molecular weight is 815 g/mol. The molecule has 14 nitrogen and oxygen atoms in total. The number of alkyl halides is 5. The number of nitrogens with zero attached hydrogens (tertiary/aromatic N) is 3. The van der Waals surface area contributed by atoms with Crippen molar-refractivity contribution in [3.05, 3.63) is 64.7 Å². The number of anilines is 3. The van der Waals surface area contributed by atoms with Crippen LogP contribution in [0, 0.1) is 11.8 Å². The number of halogens is 6. The first-order valence-corrected chi connectivity index (χ1v) is 19.2. The number of carbonyl (C=O) groups is 3. The van der Waals surface area contributed by atoms with Crippen LogP contribution in [0.15, 0.2) is 48.5 Å². The van der Waals surface area contributed by atoms with Gasteiger partial charge in [0, 0.05) is 47.5 Å². The molecule has 3 aromatic rings. The predicted molar refractivity (Wildman–Crippen MR) is 188 cm³/mol. The molecule has 296 valence electrons. The summed E-state index contributed by atoms with van der Waals surface area (Å²) in [5, 5.41) is 11.7. The van der Waals surface area contributed by atoms with Crippen LogP contribution in [0.25, 0.3) is 0 Å². The van der Waals surface area contributed by atoms with Gasteiger partial charge in [-0.05, 0) is 74.6 Å². The second kappa shape index (κ2) is 15.0. The Labute approximate surface area is 316 Å². The van der Waals surface area contributed by atoms with E-state index in [9.17, 15) is 44.8 Å². The fourth-order valence-corrected chi connectivity index (χ4v) is 6.92. The second-order valence-electron chi connectivity index (χ2n) is 13.7. The molecular formula is C34H36ClF5N8O6S. The van der Waals surface area contributed by atoms with Crippen LogP contribution in [0.2, 0.25) is 5.02 Å². The normalized spacial score (nSPS) is 21.8. The molecule has 3 saturated carbocycles. The minimum Gasteiger partial charge on any atom is -0.454 e.